The van der Waals surface area contributed by atoms with Crippen molar-refractivity contribution in [2.24, 2.45) is 10.2 Å². The average molecular weight is 285 g/mol. The first-order chi connectivity index (χ1) is 10.2. The minimum Gasteiger partial charge on any atom is -0.497 e. The molecule has 0 spiro atoms. The molecular weight excluding hydrogens is 266 g/mol. The molecule has 0 aliphatic heterocycles. The number of aliphatic hydroxyl groups is 1. The van der Waals surface area contributed by atoms with Crippen LogP contribution in [0.1, 0.15) is 0 Å². The number of nitrogens with zero attached hydrogens (tertiary/aromatic N) is 3. The molecule has 0 atom stereocenters. The van der Waals surface area contributed by atoms with Gasteiger partial charge in [-0.25, -0.2) is 0 Å². The first-order valence-electron chi connectivity index (χ1n) is 6.71. The third kappa shape index (κ3) is 4.29. The topological polar surface area (TPSA) is 57.4 Å². The van der Waals surface area contributed by atoms with Crippen molar-refractivity contribution in [1.82, 2.24) is 0 Å². The van der Waals surface area contributed by atoms with Crippen LogP contribution in [0.2, 0.25) is 0 Å². The molecule has 2 rings (SSSR count). The molecule has 0 heterocycles. The SMILES string of the molecule is COc1ccc(N=Nc2ccc(N(C)CCO)cc2)cc1. The Labute approximate surface area is 124 Å². The van der Waals surface area contributed by atoms with Crippen LogP contribution in [-0.4, -0.2) is 32.4 Å². The van der Waals surface area contributed by atoms with E-state index in [0.29, 0.717) is 6.54 Å². The first kappa shape index (κ1) is 15.0. The molecule has 0 bridgehead atoms. The van der Waals surface area contributed by atoms with Crippen LogP contribution >= 0.6 is 0 Å². The fraction of sp³-hybridized carbons (Fsp3) is 0.250. The molecule has 0 aromatic heterocycles. The smallest absolute Gasteiger partial charge is 0.119 e. The largest absolute Gasteiger partial charge is 0.497 e. The van der Waals surface area contributed by atoms with Crippen molar-refractivity contribution in [3.63, 3.8) is 0 Å². The number of azo groups is 1. The molecule has 0 fully saturated rings. The zero-order valence-electron chi connectivity index (χ0n) is 12.2. The average Bonchev–Trinajstić information content (AvgIpc) is 2.54. The number of anilines is 1. The van der Waals surface area contributed by atoms with E-state index < -0.39 is 0 Å². The van der Waals surface area contributed by atoms with Gasteiger partial charge in [0.2, 0.25) is 0 Å². The maximum atomic E-state index is 8.92. The molecule has 5 nitrogen and oxygen atoms in total. The fourth-order valence-corrected chi connectivity index (χ4v) is 1.82. The summed E-state index contributed by atoms with van der Waals surface area (Å²) in [6.07, 6.45) is 0. The second-order valence-electron chi connectivity index (χ2n) is 4.56. The molecule has 5 heteroatoms. The van der Waals surface area contributed by atoms with Crippen molar-refractivity contribution in [3.05, 3.63) is 48.5 Å². The van der Waals surface area contributed by atoms with E-state index >= 15 is 0 Å². The van der Waals surface area contributed by atoms with Crippen LogP contribution in [0, 0.1) is 0 Å². The molecule has 2 aromatic rings. The predicted molar refractivity (Wildman–Crippen MR) is 84.0 cm³/mol. The van der Waals surface area contributed by atoms with Crippen LogP contribution in [0.3, 0.4) is 0 Å². The number of likely N-dealkylation sites (N-methyl/N-ethyl adjacent to an activating group) is 1. The van der Waals surface area contributed by atoms with Gasteiger partial charge in [0.05, 0.1) is 25.1 Å². The summed E-state index contributed by atoms with van der Waals surface area (Å²) in [4.78, 5) is 1.98. The molecule has 0 aliphatic carbocycles. The normalized spacial score (nSPS) is 10.8. The van der Waals surface area contributed by atoms with Crippen LogP contribution in [0.25, 0.3) is 0 Å². The van der Waals surface area contributed by atoms with Crippen LogP contribution in [0.15, 0.2) is 58.8 Å². The number of benzene rings is 2. The second-order valence-corrected chi connectivity index (χ2v) is 4.56. The molecule has 0 unspecified atom stereocenters. The lowest BCUT2D eigenvalue weighted by atomic mass is 10.2. The maximum absolute atomic E-state index is 8.92. The molecular formula is C16H19N3O2. The molecule has 110 valence electrons. The Morgan fingerprint density at radius 1 is 0.952 bits per heavy atom. The number of aliphatic hydroxyl groups excluding tert-OH is 1. The van der Waals surface area contributed by atoms with E-state index in [1.807, 2.05) is 60.5 Å². The van der Waals surface area contributed by atoms with Crippen molar-refractivity contribution < 1.29 is 9.84 Å². The van der Waals surface area contributed by atoms with Gasteiger partial charge in [-0.15, -0.1) is 0 Å². The summed E-state index contributed by atoms with van der Waals surface area (Å²) < 4.78 is 5.09. The van der Waals surface area contributed by atoms with Crippen molar-refractivity contribution in [2.45, 2.75) is 0 Å². The predicted octanol–water partition coefficient (Wildman–Crippen LogP) is 3.54. The zero-order valence-corrected chi connectivity index (χ0v) is 12.2. The minimum absolute atomic E-state index is 0.134. The Balaban J connectivity index is 2.03. The Hall–Kier alpha value is -2.40. The lowest BCUT2D eigenvalue weighted by molar-refractivity contribution is 0.304. The maximum Gasteiger partial charge on any atom is 0.119 e. The first-order valence-corrected chi connectivity index (χ1v) is 6.71. The third-order valence-electron chi connectivity index (χ3n) is 3.08. The summed E-state index contributed by atoms with van der Waals surface area (Å²) in [6, 6.07) is 15.1. The van der Waals surface area contributed by atoms with E-state index in [2.05, 4.69) is 10.2 Å². The Bertz CT molecular complexity index is 579. The van der Waals surface area contributed by atoms with Gasteiger partial charge in [-0.05, 0) is 48.5 Å². The van der Waals surface area contributed by atoms with Gasteiger partial charge in [-0.3, -0.25) is 0 Å². The molecule has 21 heavy (non-hydrogen) atoms. The third-order valence-corrected chi connectivity index (χ3v) is 3.08. The molecule has 0 amide bonds. The number of methoxy groups -OCH3 is 1. The van der Waals surface area contributed by atoms with Crippen molar-refractivity contribution in [1.29, 1.82) is 0 Å². The lowest BCUT2D eigenvalue weighted by Gasteiger charge is -2.17. The van der Waals surface area contributed by atoms with Gasteiger partial charge in [-0.2, -0.15) is 10.2 Å². The van der Waals surface area contributed by atoms with E-state index in [4.69, 9.17) is 9.84 Å². The minimum atomic E-state index is 0.134. The summed E-state index contributed by atoms with van der Waals surface area (Å²) >= 11 is 0. The van der Waals surface area contributed by atoms with Crippen molar-refractivity contribution >= 4 is 17.1 Å². The van der Waals surface area contributed by atoms with Gasteiger partial charge in [-0.1, -0.05) is 0 Å². The summed E-state index contributed by atoms with van der Waals surface area (Å²) in [5.41, 5.74) is 2.59. The lowest BCUT2D eigenvalue weighted by Crippen LogP contribution is -2.20. The van der Waals surface area contributed by atoms with Gasteiger partial charge in [0.15, 0.2) is 0 Å². The molecule has 0 radical (unpaired) electrons. The Morgan fingerprint density at radius 2 is 1.48 bits per heavy atom. The number of hydrogen-bond donors (Lipinski definition) is 1. The standard InChI is InChI=1S/C16H19N3O2/c1-19(11-12-20)15-7-3-13(4-8-15)17-18-14-5-9-16(21-2)10-6-14/h3-10,20H,11-12H2,1-2H3. The molecule has 1 N–H and O–H groups in total. The van der Waals surface area contributed by atoms with Gasteiger partial charge in [0, 0.05) is 19.3 Å². The van der Waals surface area contributed by atoms with Crippen molar-refractivity contribution in [2.75, 3.05) is 32.2 Å². The van der Waals surface area contributed by atoms with E-state index in [9.17, 15) is 0 Å². The van der Waals surface area contributed by atoms with Gasteiger partial charge in [0.1, 0.15) is 5.75 Å². The highest BCUT2D eigenvalue weighted by atomic mass is 16.5. The van der Waals surface area contributed by atoms with E-state index in [1.54, 1.807) is 7.11 Å². The van der Waals surface area contributed by atoms with Gasteiger partial charge >= 0.3 is 0 Å². The molecule has 0 saturated carbocycles. The number of hydrogen-bond acceptors (Lipinski definition) is 5. The quantitative estimate of drug-likeness (QED) is 0.826. The Kier molecular flexibility index (Phi) is 5.29. The number of rotatable bonds is 6. The summed E-state index contributed by atoms with van der Waals surface area (Å²) in [7, 11) is 3.57. The van der Waals surface area contributed by atoms with Crippen LogP contribution < -0.4 is 9.64 Å². The molecule has 2 aromatic carbocycles. The van der Waals surface area contributed by atoms with Crippen LogP contribution in [0.4, 0.5) is 17.1 Å². The van der Waals surface area contributed by atoms with E-state index in [-0.39, 0.29) is 6.61 Å². The summed E-state index contributed by atoms with van der Waals surface area (Å²) in [5.74, 6) is 0.797. The molecule has 0 saturated heterocycles. The van der Waals surface area contributed by atoms with E-state index in [0.717, 1.165) is 22.8 Å². The zero-order chi connectivity index (χ0) is 15.1. The summed E-state index contributed by atoms with van der Waals surface area (Å²) in [5, 5.41) is 17.3. The molecule has 0 aliphatic rings. The van der Waals surface area contributed by atoms with Crippen LogP contribution in [0.5, 0.6) is 5.75 Å². The highest BCUT2D eigenvalue weighted by molar-refractivity contribution is 5.52. The van der Waals surface area contributed by atoms with E-state index in [1.165, 1.54) is 0 Å². The van der Waals surface area contributed by atoms with Crippen molar-refractivity contribution in [3.8, 4) is 5.75 Å². The monoisotopic (exact) mass is 285 g/mol. The summed E-state index contributed by atoms with van der Waals surface area (Å²) in [6.45, 7) is 0.738. The second kappa shape index (κ2) is 7.40. The highest BCUT2D eigenvalue weighted by Gasteiger charge is 1.99. The van der Waals surface area contributed by atoms with Crippen LogP contribution in [-0.2, 0) is 0 Å². The highest BCUT2D eigenvalue weighted by Crippen LogP contribution is 2.23. The number of ether oxygens (including phenoxy) is 1. The Morgan fingerprint density at radius 3 is 1.95 bits per heavy atom. The fourth-order valence-electron chi connectivity index (χ4n) is 1.82. The van der Waals surface area contributed by atoms with Gasteiger partial charge in [0.25, 0.3) is 0 Å². The van der Waals surface area contributed by atoms with Gasteiger partial charge < -0.3 is 14.7 Å².